The number of para-hydroxylation sites is 1. The third kappa shape index (κ3) is 3.28. The maximum Gasteiger partial charge on any atom is 0.262 e. The maximum absolute atomic E-state index is 13.3. The molecule has 0 aliphatic rings. The summed E-state index contributed by atoms with van der Waals surface area (Å²) in [6, 6.07) is 10.1. The summed E-state index contributed by atoms with van der Waals surface area (Å²) in [5.41, 5.74) is 0.547. The smallest absolute Gasteiger partial charge is 0.262 e. The number of hydrogen-bond donors (Lipinski definition) is 2. The summed E-state index contributed by atoms with van der Waals surface area (Å²) in [4.78, 5) is -0.264. The van der Waals surface area contributed by atoms with E-state index in [9.17, 15) is 17.9 Å². The minimum absolute atomic E-state index is 0.143. The molecule has 0 unspecified atom stereocenters. The van der Waals surface area contributed by atoms with Gasteiger partial charge in [-0.05, 0) is 52.4 Å². The fourth-order valence-corrected chi connectivity index (χ4v) is 3.68. The number of aliphatic hydroxyl groups excluding tert-OH is 1. The van der Waals surface area contributed by atoms with Gasteiger partial charge in [0.05, 0.1) is 17.2 Å². The summed E-state index contributed by atoms with van der Waals surface area (Å²) < 4.78 is 41.0. The number of anilines is 1. The quantitative estimate of drug-likeness (QED) is 0.767. The Morgan fingerprint density at radius 1 is 1.20 bits per heavy atom. The number of sulfonamides is 1. The van der Waals surface area contributed by atoms with E-state index in [1.807, 2.05) is 22.6 Å². The van der Waals surface area contributed by atoms with Crippen LogP contribution < -0.4 is 4.72 Å². The molecule has 0 aliphatic heterocycles. The van der Waals surface area contributed by atoms with Gasteiger partial charge in [-0.25, -0.2) is 12.8 Å². The molecule has 0 aromatic heterocycles. The Kier molecular flexibility index (Phi) is 4.61. The lowest BCUT2D eigenvalue weighted by molar-refractivity contribution is 0.278. The first kappa shape index (κ1) is 15.2. The standard InChI is InChI=1S/C13H11FINO3S/c14-10-6-5-9(8-17)13(7-10)20(18,19)16-12-4-2-1-3-11(12)15/h1-7,16-17H,8H2. The Bertz CT molecular complexity index is 734. The fraction of sp³-hybridized carbons (Fsp3) is 0.0769. The van der Waals surface area contributed by atoms with Crippen LogP contribution in [0.2, 0.25) is 0 Å². The molecule has 0 spiro atoms. The molecule has 2 rings (SSSR count). The monoisotopic (exact) mass is 407 g/mol. The number of hydrogen-bond acceptors (Lipinski definition) is 3. The van der Waals surface area contributed by atoms with Crippen molar-refractivity contribution < 1.29 is 17.9 Å². The zero-order chi connectivity index (χ0) is 14.8. The molecule has 0 atom stereocenters. The molecule has 20 heavy (non-hydrogen) atoms. The maximum atomic E-state index is 13.3. The number of benzene rings is 2. The van der Waals surface area contributed by atoms with Crippen molar-refractivity contribution in [2.75, 3.05) is 4.72 Å². The minimum Gasteiger partial charge on any atom is -0.392 e. The van der Waals surface area contributed by atoms with Gasteiger partial charge in [0.1, 0.15) is 5.82 Å². The van der Waals surface area contributed by atoms with E-state index in [-0.39, 0.29) is 10.5 Å². The molecule has 2 aromatic carbocycles. The molecular weight excluding hydrogens is 396 g/mol. The van der Waals surface area contributed by atoms with Crippen LogP contribution in [-0.4, -0.2) is 13.5 Å². The first-order valence-electron chi connectivity index (χ1n) is 5.60. The summed E-state index contributed by atoms with van der Waals surface area (Å²) in [6.07, 6.45) is 0. The highest BCUT2D eigenvalue weighted by atomic mass is 127. The SMILES string of the molecule is O=S(=O)(Nc1ccccc1I)c1cc(F)ccc1CO. The van der Waals surface area contributed by atoms with E-state index >= 15 is 0 Å². The predicted molar refractivity (Wildman–Crippen MR) is 82.3 cm³/mol. The van der Waals surface area contributed by atoms with Crippen molar-refractivity contribution in [2.24, 2.45) is 0 Å². The van der Waals surface area contributed by atoms with Gasteiger partial charge in [0.15, 0.2) is 0 Å². The topological polar surface area (TPSA) is 66.4 Å². The van der Waals surface area contributed by atoms with E-state index in [0.29, 0.717) is 5.69 Å². The largest absolute Gasteiger partial charge is 0.392 e. The van der Waals surface area contributed by atoms with E-state index in [2.05, 4.69) is 4.72 Å². The third-order valence-corrected chi connectivity index (χ3v) is 5.00. The van der Waals surface area contributed by atoms with Crippen LogP contribution in [0.3, 0.4) is 0 Å². The second kappa shape index (κ2) is 6.06. The fourth-order valence-electron chi connectivity index (χ4n) is 1.65. The molecule has 0 bridgehead atoms. The van der Waals surface area contributed by atoms with E-state index in [4.69, 9.17) is 0 Å². The average Bonchev–Trinajstić information content (AvgIpc) is 2.41. The Hall–Kier alpha value is -1.19. The summed E-state index contributed by atoms with van der Waals surface area (Å²) in [5, 5.41) is 9.18. The van der Waals surface area contributed by atoms with Crippen LogP contribution in [0.5, 0.6) is 0 Å². The molecule has 0 radical (unpaired) electrons. The van der Waals surface area contributed by atoms with E-state index < -0.39 is 22.4 Å². The van der Waals surface area contributed by atoms with Gasteiger partial charge in [0.2, 0.25) is 0 Å². The van der Waals surface area contributed by atoms with Crippen molar-refractivity contribution in [1.82, 2.24) is 0 Å². The molecular formula is C13H11FINO3S. The zero-order valence-corrected chi connectivity index (χ0v) is 13.2. The van der Waals surface area contributed by atoms with Gasteiger partial charge in [-0.15, -0.1) is 0 Å². The van der Waals surface area contributed by atoms with Gasteiger partial charge in [-0.2, -0.15) is 0 Å². The highest BCUT2D eigenvalue weighted by molar-refractivity contribution is 14.1. The van der Waals surface area contributed by atoms with Crippen LogP contribution in [0.1, 0.15) is 5.56 Å². The second-order valence-corrected chi connectivity index (χ2v) is 6.81. The molecule has 4 nitrogen and oxygen atoms in total. The van der Waals surface area contributed by atoms with Crippen LogP contribution in [-0.2, 0) is 16.6 Å². The minimum atomic E-state index is -3.96. The molecule has 0 amide bonds. The summed E-state index contributed by atoms with van der Waals surface area (Å²) in [7, 11) is -3.96. The highest BCUT2D eigenvalue weighted by Gasteiger charge is 2.20. The third-order valence-electron chi connectivity index (χ3n) is 2.61. The average molecular weight is 407 g/mol. The van der Waals surface area contributed by atoms with Gasteiger partial charge in [-0.3, -0.25) is 4.72 Å². The Morgan fingerprint density at radius 2 is 1.90 bits per heavy atom. The zero-order valence-electron chi connectivity index (χ0n) is 10.2. The molecule has 0 aliphatic carbocycles. The highest BCUT2D eigenvalue weighted by Crippen LogP contribution is 2.24. The molecule has 2 N–H and O–H groups in total. The molecule has 0 heterocycles. The van der Waals surface area contributed by atoms with Gasteiger partial charge in [-0.1, -0.05) is 18.2 Å². The number of halogens is 2. The van der Waals surface area contributed by atoms with Crippen molar-refractivity contribution in [3.63, 3.8) is 0 Å². The van der Waals surface area contributed by atoms with Crippen LogP contribution in [0.25, 0.3) is 0 Å². The van der Waals surface area contributed by atoms with Crippen LogP contribution in [0.4, 0.5) is 10.1 Å². The summed E-state index contributed by atoms with van der Waals surface area (Å²) in [6.45, 7) is -0.484. The summed E-state index contributed by atoms with van der Waals surface area (Å²) >= 11 is 1.99. The van der Waals surface area contributed by atoms with Crippen LogP contribution >= 0.6 is 22.6 Å². The number of nitrogens with one attached hydrogen (secondary N) is 1. The van der Waals surface area contributed by atoms with E-state index in [1.165, 1.54) is 6.07 Å². The number of rotatable bonds is 4. The van der Waals surface area contributed by atoms with Gasteiger partial charge in [0, 0.05) is 3.57 Å². The normalized spacial score (nSPS) is 11.3. The van der Waals surface area contributed by atoms with Gasteiger partial charge >= 0.3 is 0 Å². The van der Waals surface area contributed by atoms with Crippen molar-refractivity contribution >= 4 is 38.3 Å². The second-order valence-electron chi connectivity index (χ2n) is 4.00. The molecule has 2 aromatic rings. The van der Waals surface area contributed by atoms with E-state index in [0.717, 1.165) is 15.7 Å². The Balaban J connectivity index is 2.46. The van der Waals surface area contributed by atoms with Crippen molar-refractivity contribution in [3.05, 3.63) is 57.4 Å². The van der Waals surface area contributed by atoms with Crippen molar-refractivity contribution in [3.8, 4) is 0 Å². The van der Waals surface area contributed by atoms with Crippen molar-refractivity contribution in [2.45, 2.75) is 11.5 Å². The van der Waals surface area contributed by atoms with Crippen LogP contribution in [0.15, 0.2) is 47.4 Å². The lowest BCUT2D eigenvalue weighted by Gasteiger charge is -2.12. The van der Waals surface area contributed by atoms with E-state index in [1.54, 1.807) is 24.3 Å². The lowest BCUT2D eigenvalue weighted by atomic mass is 10.2. The van der Waals surface area contributed by atoms with Gasteiger partial charge < -0.3 is 5.11 Å². The Morgan fingerprint density at radius 3 is 2.55 bits per heavy atom. The molecule has 0 saturated heterocycles. The lowest BCUT2D eigenvalue weighted by Crippen LogP contribution is -2.16. The van der Waals surface area contributed by atoms with Crippen LogP contribution in [0, 0.1) is 9.39 Å². The molecule has 106 valence electrons. The van der Waals surface area contributed by atoms with Crippen molar-refractivity contribution in [1.29, 1.82) is 0 Å². The van der Waals surface area contributed by atoms with Gasteiger partial charge in [0.25, 0.3) is 10.0 Å². The number of aliphatic hydroxyl groups is 1. The molecule has 0 saturated carbocycles. The molecule has 7 heteroatoms. The Labute approximate surface area is 129 Å². The molecule has 0 fully saturated rings. The summed E-state index contributed by atoms with van der Waals surface area (Å²) in [5.74, 6) is -0.676. The first-order valence-corrected chi connectivity index (χ1v) is 8.17. The first-order chi connectivity index (χ1) is 9.44. The predicted octanol–water partition coefficient (Wildman–Crippen LogP) is 2.72.